The van der Waals surface area contributed by atoms with Crippen LogP contribution in [0.25, 0.3) is 0 Å². The van der Waals surface area contributed by atoms with Crippen molar-refractivity contribution in [3.8, 4) is 0 Å². The van der Waals surface area contributed by atoms with Crippen LogP contribution < -0.4 is 0 Å². The van der Waals surface area contributed by atoms with Crippen LogP contribution in [0.2, 0.25) is 0 Å². The summed E-state index contributed by atoms with van der Waals surface area (Å²) in [5.41, 5.74) is 0. The van der Waals surface area contributed by atoms with E-state index in [2.05, 4.69) is 0 Å². The fourth-order valence-electron chi connectivity index (χ4n) is 0.506. The first-order valence-electron chi connectivity index (χ1n) is 3.12. The highest BCUT2D eigenvalue weighted by atomic mass is 35.5. The predicted molar refractivity (Wildman–Crippen MR) is 41.6 cm³/mol. The van der Waals surface area contributed by atoms with Crippen LogP contribution in [0, 0.1) is 0 Å². The minimum atomic E-state index is -1.59. The van der Waals surface area contributed by atoms with Gasteiger partial charge in [0, 0.05) is 0 Å². The van der Waals surface area contributed by atoms with Gasteiger partial charge in [0.15, 0.2) is 0 Å². The highest BCUT2D eigenvalue weighted by molar-refractivity contribution is 6.57. The fourth-order valence-corrected chi connectivity index (χ4v) is 0.773. The second-order valence-corrected chi connectivity index (χ2v) is 3.60. The number of halogens is 2. The lowest BCUT2D eigenvalue weighted by atomic mass is 10.2. The maximum Gasteiger partial charge on any atom is 0.340 e. The molecule has 1 N–H and O–H groups in total. The van der Waals surface area contributed by atoms with E-state index in [0.717, 1.165) is 12.8 Å². The minimum Gasteiger partial charge on any atom is -0.479 e. The SMILES string of the molecule is CCCCC(Cl)(Cl)C(=O)O. The molecule has 0 saturated carbocycles. The lowest BCUT2D eigenvalue weighted by Gasteiger charge is -2.12. The smallest absolute Gasteiger partial charge is 0.340 e. The Balaban J connectivity index is 3.75. The van der Waals surface area contributed by atoms with Gasteiger partial charge in [-0.1, -0.05) is 43.0 Å². The summed E-state index contributed by atoms with van der Waals surface area (Å²) in [6.45, 7) is 1.95. The van der Waals surface area contributed by atoms with Crippen molar-refractivity contribution in [2.45, 2.75) is 30.5 Å². The fraction of sp³-hybridized carbons (Fsp3) is 0.833. The van der Waals surface area contributed by atoms with Crippen molar-refractivity contribution in [1.29, 1.82) is 0 Å². The number of unbranched alkanes of at least 4 members (excludes halogenated alkanes) is 1. The number of carboxylic acids is 1. The van der Waals surface area contributed by atoms with Crippen LogP contribution in [-0.2, 0) is 4.79 Å². The summed E-state index contributed by atoms with van der Waals surface area (Å²) in [5.74, 6) is -1.16. The summed E-state index contributed by atoms with van der Waals surface area (Å²) in [7, 11) is 0. The summed E-state index contributed by atoms with van der Waals surface area (Å²) in [5, 5.41) is 8.40. The summed E-state index contributed by atoms with van der Waals surface area (Å²) >= 11 is 10.8. The molecular weight excluding hydrogens is 175 g/mol. The molecule has 10 heavy (non-hydrogen) atoms. The topological polar surface area (TPSA) is 37.3 Å². The number of hydrogen-bond acceptors (Lipinski definition) is 1. The van der Waals surface area contributed by atoms with E-state index in [1.165, 1.54) is 0 Å². The van der Waals surface area contributed by atoms with E-state index >= 15 is 0 Å². The predicted octanol–water partition coefficient (Wildman–Crippen LogP) is 2.44. The summed E-state index contributed by atoms with van der Waals surface area (Å²) < 4.78 is -1.59. The third-order valence-electron chi connectivity index (χ3n) is 1.16. The quantitative estimate of drug-likeness (QED) is 0.683. The molecule has 0 aliphatic rings. The highest BCUT2D eigenvalue weighted by Gasteiger charge is 2.32. The largest absolute Gasteiger partial charge is 0.479 e. The second-order valence-electron chi connectivity index (χ2n) is 2.11. The number of carbonyl (C=O) groups is 1. The van der Waals surface area contributed by atoms with Gasteiger partial charge in [-0.15, -0.1) is 0 Å². The Kier molecular flexibility index (Phi) is 4.06. The van der Waals surface area contributed by atoms with E-state index in [0.29, 0.717) is 6.42 Å². The molecule has 0 radical (unpaired) electrons. The third kappa shape index (κ3) is 3.28. The highest BCUT2D eigenvalue weighted by Crippen LogP contribution is 2.27. The van der Waals surface area contributed by atoms with Gasteiger partial charge in [-0.25, -0.2) is 4.79 Å². The molecule has 0 bridgehead atoms. The molecule has 0 saturated heterocycles. The van der Waals surface area contributed by atoms with E-state index in [9.17, 15) is 4.79 Å². The normalized spacial score (nSPS) is 11.5. The van der Waals surface area contributed by atoms with Gasteiger partial charge < -0.3 is 5.11 Å². The van der Waals surface area contributed by atoms with Crippen LogP contribution in [-0.4, -0.2) is 15.4 Å². The molecule has 4 heteroatoms. The number of rotatable bonds is 4. The third-order valence-corrected chi connectivity index (χ3v) is 1.86. The van der Waals surface area contributed by atoms with Crippen LogP contribution in [0.5, 0.6) is 0 Å². The molecular formula is C6H10Cl2O2. The van der Waals surface area contributed by atoms with Crippen LogP contribution in [0.4, 0.5) is 0 Å². The van der Waals surface area contributed by atoms with Crippen LogP contribution in [0.15, 0.2) is 0 Å². The maximum absolute atomic E-state index is 10.3. The van der Waals surface area contributed by atoms with Crippen molar-refractivity contribution in [3.05, 3.63) is 0 Å². The number of hydrogen-bond donors (Lipinski definition) is 1. The van der Waals surface area contributed by atoms with E-state index < -0.39 is 10.3 Å². The van der Waals surface area contributed by atoms with Crippen molar-refractivity contribution in [2.24, 2.45) is 0 Å². The monoisotopic (exact) mass is 184 g/mol. The van der Waals surface area contributed by atoms with E-state index in [1.807, 2.05) is 6.92 Å². The molecule has 0 aromatic rings. The lowest BCUT2D eigenvalue weighted by molar-refractivity contribution is -0.138. The molecule has 0 fully saturated rings. The first kappa shape index (κ1) is 10.0. The van der Waals surface area contributed by atoms with Gasteiger partial charge in [0.05, 0.1) is 0 Å². The van der Waals surface area contributed by atoms with Gasteiger partial charge in [0.2, 0.25) is 4.33 Å². The van der Waals surface area contributed by atoms with Gasteiger partial charge in [-0.2, -0.15) is 0 Å². The molecule has 2 nitrogen and oxygen atoms in total. The molecule has 0 heterocycles. The van der Waals surface area contributed by atoms with Gasteiger partial charge in [0.1, 0.15) is 0 Å². The van der Waals surface area contributed by atoms with Gasteiger partial charge in [-0.3, -0.25) is 0 Å². The van der Waals surface area contributed by atoms with Gasteiger partial charge in [-0.05, 0) is 6.42 Å². The number of aliphatic carboxylic acids is 1. The summed E-state index contributed by atoms with van der Waals surface area (Å²) in [6, 6.07) is 0. The average molecular weight is 185 g/mol. The zero-order valence-electron chi connectivity index (χ0n) is 5.73. The number of alkyl halides is 2. The first-order valence-corrected chi connectivity index (χ1v) is 3.87. The van der Waals surface area contributed by atoms with Crippen molar-refractivity contribution in [2.75, 3.05) is 0 Å². The molecule has 0 rings (SSSR count). The van der Waals surface area contributed by atoms with Gasteiger partial charge >= 0.3 is 5.97 Å². The maximum atomic E-state index is 10.3. The Morgan fingerprint density at radius 1 is 1.60 bits per heavy atom. The average Bonchev–Trinajstić information content (AvgIpc) is 1.84. The zero-order chi connectivity index (χ0) is 8.20. The second kappa shape index (κ2) is 4.04. The molecule has 0 spiro atoms. The molecule has 60 valence electrons. The van der Waals surface area contributed by atoms with E-state index in [-0.39, 0.29) is 0 Å². The molecule has 0 unspecified atom stereocenters. The minimum absolute atomic E-state index is 0.307. The van der Waals surface area contributed by atoms with Crippen LogP contribution in [0.3, 0.4) is 0 Å². The van der Waals surface area contributed by atoms with Crippen molar-refractivity contribution >= 4 is 29.2 Å². The Hall–Kier alpha value is 0.0500. The Labute approximate surface area is 70.1 Å². The van der Waals surface area contributed by atoms with E-state index in [4.69, 9.17) is 28.3 Å². The Bertz CT molecular complexity index is 123. The molecule has 0 aromatic heterocycles. The van der Waals surface area contributed by atoms with Crippen molar-refractivity contribution in [1.82, 2.24) is 0 Å². The zero-order valence-corrected chi connectivity index (χ0v) is 7.24. The first-order chi connectivity index (χ1) is 4.50. The summed E-state index contributed by atoms with van der Waals surface area (Å²) in [6.07, 6.45) is 1.94. The van der Waals surface area contributed by atoms with Crippen LogP contribution in [0.1, 0.15) is 26.2 Å². The van der Waals surface area contributed by atoms with Crippen LogP contribution >= 0.6 is 23.2 Å². The summed E-state index contributed by atoms with van der Waals surface area (Å²) in [4.78, 5) is 10.3. The van der Waals surface area contributed by atoms with Crippen molar-refractivity contribution < 1.29 is 9.90 Å². The Morgan fingerprint density at radius 2 is 2.10 bits per heavy atom. The molecule has 0 amide bonds. The van der Waals surface area contributed by atoms with Gasteiger partial charge in [0.25, 0.3) is 0 Å². The van der Waals surface area contributed by atoms with E-state index in [1.54, 1.807) is 0 Å². The van der Waals surface area contributed by atoms with Crippen molar-refractivity contribution in [3.63, 3.8) is 0 Å². The molecule has 0 aromatic carbocycles. The molecule has 0 aliphatic heterocycles. The standard InChI is InChI=1S/C6H10Cl2O2/c1-2-3-4-6(7,8)5(9)10/h2-4H2,1H3,(H,9,10). The Morgan fingerprint density at radius 3 is 2.40 bits per heavy atom. The molecule has 0 atom stereocenters. The number of carboxylic acid groups (broad SMARTS) is 1. The lowest BCUT2D eigenvalue weighted by Crippen LogP contribution is -2.24. The molecule has 0 aliphatic carbocycles.